The van der Waals surface area contributed by atoms with Crippen LogP contribution in [0.4, 0.5) is 0 Å². The highest BCUT2D eigenvalue weighted by molar-refractivity contribution is 7.16. The van der Waals surface area contributed by atoms with E-state index in [-0.39, 0.29) is 11.6 Å². The van der Waals surface area contributed by atoms with Gasteiger partial charge in [0.2, 0.25) is 0 Å². The van der Waals surface area contributed by atoms with Crippen molar-refractivity contribution < 1.29 is 4.74 Å². The van der Waals surface area contributed by atoms with E-state index in [1.165, 1.54) is 17.7 Å². The van der Waals surface area contributed by atoms with Crippen molar-refractivity contribution in [2.24, 2.45) is 5.73 Å². The van der Waals surface area contributed by atoms with Crippen LogP contribution in [-0.4, -0.2) is 18.2 Å². The van der Waals surface area contributed by atoms with E-state index in [1.807, 2.05) is 6.07 Å². The molecule has 4 heteroatoms. The summed E-state index contributed by atoms with van der Waals surface area (Å²) >= 11 is 7.57. The molecular weight excluding hydrogens is 254 g/mol. The molecule has 0 radical (unpaired) electrons. The summed E-state index contributed by atoms with van der Waals surface area (Å²) in [6, 6.07) is 4.09. The van der Waals surface area contributed by atoms with E-state index in [9.17, 15) is 0 Å². The van der Waals surface area contributed by atoms with Gasteiger partial charge in [0, 0.05) is 17.5 Å². The molecule has 0 aromatic carbocycles. The standard InChI is InChI=1S/C13H20ClNOS/c1-2-16-13(7-3-4-8-13)11(15)9-10-5-6-12(14)17-10/h5-6,11H,2-4,7-9,15H2,1H3. The van der Waals surface area contributed by atoms with E-state index < -0.39 is 0 Å². The Kier molecular flexibility index (Phi) is 4.47. The minimum Gasteiger partial charge on any atom is -0.374 e. The predicted octanol–water partition coefficient (Wildman–Crippen LogP) is 3.62. The zero-order chi connectivity index (χ0) is 12.3. The van der Waals surface area contributed by atoms with Crippen LogP contribution in [0, 0.1) is 0 Å². The highest BCUT2D eigenvalue weighted by Crippen LogP contribution is 2.37. The van der Waals surface area contributed by atoms with Crippen LogP contribution in [0.1, 0.15) is 37.5 Å². The minimum absolute atomic E-state index is 0.0830. The van der Waals surface area contributed by atoms with Crippen molar-refractivity contribution in [2.45, 2.75) is 50.7 Å². The Bertz CT molecular complexity index is 360. The number of halogens is 1. The lowest BCUT2D eigenvalue weighted by molar-refractivity contribution is -0.0523. The summed E-state index contributed by atoms with van der Waals surface area (Å²) in [5.41, 5.74) is 6.29. The van der Waals surface area contributed by atoms with Crippen molar-refractivity contribution in [3.05, 3.63) is 21.3 Å². The zero-order valence-electron chi connectivity index (χ0n) is 10.2. The monoisotopic (exact) mass is 273 g/mol. The molecule has 1 saturated carbocycles. The van der Waals surface area contributed by atoms with Crippen molar-refractivity contribution in [1.82, 2.24) is 0 Å². The molecule has 0 spiro atoms. The Morgan fingerprint density at radius 1 is 1.47 bits per heavy atom. The number of ether oxygens (including phenoxy) is 1. The Hall–Kier alpha value is -0.0900. The van der Waals surface area contributed by atoms with Gasteiger partial charge in [-0.25, -0.2) is 0 Å². The second kappa shape index (κ2) is 5.70. The van der Waals surface area contributed by atoms with Gasteiger partial charge in [-0.05, 0) is 38.3 Å². The van der Waals surface area contributed by atoms with Crippen LogP contribution >= 0.6 is 22.9 Å². The predicted molar refractivity (Wildman–Crippen MR) is 73.8 cm³/mol. The summed E-state index contributed by atoms with van der Waals surface area (Å²) in [5, 5.41) is 0. The molecule has 1 unspecified atom stereocenters. The molecule has 1 aliphatic rings. The zero-order valence-corrected chi connectivity index (χ0v) is 11.8. The molecule has 0 saturated heterocycles. The van der Waals surface area contributed by atoms with Crippen molar-refractivity contribution in [3.8, 4) is 0 Å². The van der Waals surface area contributed by atoms with Gasteiger partial charge in [-0.15, -0.1) is 11.3 Å². The molecule has 1 atom stereocenters. The first kappa shape index (κ1) is 13.3. The van der Waals surface area contributed by atoms with Gasteiger partial charge in [0.1, 0.15) is 0 Å². The molecule has 2 N–H and O–H groups in total. The van der Waals surface area contributed by atoms with Crippen molar-refractivity contribution >= 4 is 22.9 Å². The number of hydrogen-bond donors (Lipinski definition) is 1. The fourth-order valence-corrected chi connectivity index (χ4v) is 3.89. The number of thiophene rings is 1. The molecule has 1 aliphatic carbocycles. The van der Waals surface area contributed by atoms with Gasteiger partial charge < -0.3 is 10.5 Å². The van der Waals surface area contributed by atoms with Crippen LogP contribution in [0.5, 0.6) is 0 Å². The topological polar surface area (TPSA) is 35.2 Å². The second-order valence-electron chi connectivity index (χ2n) is 4.72. The average molecular weight is 274 g/mol. The molecule has 1 fully saturated rings. The highest BCUT2D eigenvalue weighted by Gasteiger charge is 2.40. The van der Waals surface area contributed by atoms with Crippen LogP contribution in [-0.2, 0) is 11.2 Å². The lowest BCUT2D eigenvalue weighted by atomic mass is 9.90. The van der Waals surface area contributed by atoms with E-state index in [1.54, 1.807) is 11.3 Å². The first-order valence-electron chi connectivity index (χ1n) is 6.30. The van der Waals surface area contributed by atoms with Gasteiger partial charge >= 0.3 is 0 Å². The quantitative estimate of drug-likeness (QED) is 0.889. The fourth-order valence-electron chi connectivity index (χ4n) is 2.75. The van der Waals surface area contributed by atoms with Gasteiger partial charge in [0.25, 0.3) is 0 Å². The SMILES string of the molecule is CCOC1(C(N)Cc2ccc(Cl)s2)CCCC1. The largest absolute Gasteiger partial charge is 0.374 e. The van der Waals surface area contributed by atoms with E-state index >= 15 is 0 Å². The second-order valence-corrected chi connectivity index (χ2v) is 6.52. The normalized spacial score (nSPS) is 20.6. The average Bonchev–Trinajstić information content (AvgIpc) is 2.89. The molecule has 2 nitrogen and oxygen atoms in total. The molecular formula is C13H20ClNOS. The molecule has 96 valence electrons. The maximum absolute atomic E-state index is 6.38. The molecule has 1 aromatic heterocycles. The summed E-state index contributed by atoms with van der Waals surface area (Å²) in [5.74, 6) is 0. The third-order valence-corrected chi connectivity index (χ3v) is 4.86. The molecule has 1 heterocycles. The van der Waals surface area contributed by atoms with Crippen LogP contribution in [0.25, 0.3) is 0 Å². The highest BCUT2D eigenvalue weighted by atomic mass is 35.5. The summed E-state index contributed by atoms with van der Waals surface area (Å²) in [7, 11) is 0. The van der Waals surface area contributed by atoms with Gasteiger partial charge in [-0.3, -0.25) is 0 Å². The Balaban J connectivity index is 2.03. The number of rotatable bonds is 5. The molecule has 2 rings (SSSR count). The molecule has 0 aliphatic heterocycles. The Labute approximate surface area is 112 Å². The number of hydrogen-bond acceptors (Lipinski definition) is 3. The van der Waals surface area contributed by atoms with E-state index in [0.29, 0.717) is 0 Å². The van der Waals surface area contributed by atoms with Crippen molar-refractivity contribution in [1.29, 1.82) is 0 Å². The first-order valence-corrected chi connectivity index (χ1v) is 7.49. The van der Waals surface area contributed by atoms with E-state index in [4.69, 9.17) is 22.1 Å². The fraction of sp³-hybridized carbons (Fsp3) is 0.692. The van der Waals surface area contributed by atoms with E-state index in [0.717, 1.165) is 30.2 Å². The minimum atomic E-state index is -0.0920. The van der Waals surface area contributed by atoms with Gasteiger partial charge in [-0.2, -0.15) is 0 Å². The molecule has 17 heavy (non-hydrogen) atoms. The van der Waals surface area contributed by atoms with Gasteiger partial charge in [-0.1, -0.05) is 24.4 Å². The van der Waals surface area contributed by atoms with E-state index in [2.05, 4.69) is 13.0 Å². The van der Waals surface area contributed by atoms with Gasteiger partial charge in [0.05, 0.1) is 9.94 Å². The van der Waals surface area contributed by atoms with Crippen LogP contribution in [0.2, 0.25) is 4.34 Å². The van der Waals surface area contributed by atoms with Crippen molar-refractivity contribution in [3.63, 3.8) is 0 Å². The smallest absolute Gasteiger partial charge is 0.0931 e. The summed E-state index contributed by atoms with van der Waals surface area (Å²) in [6.07, 6.45) is 5.54. The molecule has 1 aromatic rings. The number of nitrogens with two attached hydrogens (primary N) is 1. The summed E-state index contributed by atoms with van der Waals surface area (Å²) < 4.78 is 6.81. The van der Waals surface area contributed by atoms with Crippen LogP contribution in [0.15, 0.2) is 12.1 Å². The third-order valence-electron chi connectivity index (χ3n) is 3.61. The van der Waals surface area contributed by atoms with Crippen LogP contribution < -0.4 is 5.73 Å². The summed E-state index contributed by atoms with van der Waals surface area (Å²) in [4.78, 5) is 1.26. The van der Waals surface area contributed by atoms with Gasteiger partial charge in [0.15, 0.2) is 0 Å². The first-order chi connectivity index (χ1) is 8.16. The maximum atomic E-state index is 6.38. The Morgan fingerprint density at radius 2 is 2.18 bits per heavy atom. The molecule has 0 bridgehead atoms. The third kappa shape index (κ3) is 3.02. The molecule has 0 amide bonds. The summed E-state index contributed by atoms with van der Waals surface area (Å²) in [6.45, 7) is 2.80. The maximum Gasteiger partial charge on any atom is 0.0931 e. The van der Waals surface area contributed by atoms with Crippen LogP contribution in [0.3, 0.4) is 0 Å². The lowest BCUT2D eigenvalue weighted by Gasteiger charge is -2.35. The van der Waals surface area contributed by atoms with Crippen molar-refractivity contribution in [2.75, 3.05) is 6.61 Å². The lowest BCUT2D eigenvalue weighted by Crippen LogP contribution is -2.49. The Morgan fingerprint density at radius 3 is 2.71 bits per heavy atom.